The van der Waals surface area contributed by atoms with Gasteiger partial charge in [0.2, 0.25) is 5.82 Å². The first kappa shape index (κ1) is 13.9. The van der Waals surface area contributed by atoms with E-state index in [1.165, 1.54) is 37.8 Å². The van der Waals surface area contributed by atoms with Crippen molar-refractivity contribution >= 4 is 5.69 Å². The maximum Gasteiger partial charge on any atom is 0.304 e. The molecule has 1 aromatic carbocycles. The van der Waals surface area contributed by atoms with E-state index < -0.39 is 16.4 Å². The third-order valence-electron chi connectivity index (χ3n) is 3.84. The van der Waals surface area contributed by atoms with E-state index in [4.69, 9.17) is 0 Å². The summed E-state index contributed by atoms with van der Waals surface area (Å²) in [4.78, 5) is 12.2. The SMILES string of the molecule is CCN(Cc1ccc([N+](=O)[O-])c(F)c1)C1CCCC1. The summed E-state index contributed by atoms with van der Waals surface area (Å²) in [7, 11) is 0. The van der Waals surface area contributed by atoms with Crippen molar-refractivity contribution < 1.29 is 9.31 Å². The Morgan fingerprint density at radius 3 is 2.63 bits per heavy atom. The van der Waals surface area contributed by atoms with E-state index >= 15 is 0 Å². The number of rotatable bonds is 5. The fourth-order valence-corrected chi connectivity index (χ4v) is 2.80. The molecular weight excluding hydrogens is 247 g/mol. The number of hydrogen-bond acceptors (Lipinski definition) is 3. The Bertz CT molecular complexity index is 459. The van der Waals surface area contributed by atoms with Gasteiger partial charge >= 0.3 is 5.69 Å². The van der Waals surface area contributed by atoms with Crippen LogP contribution in [0.2, 0.25) is 0 Å². The molecule has 0 unspecified atom stereocenters. The fraction of sp³-hybridized carbons (Fsp3) is 0.571. The van der Waals surface area contributed by atoms with Crippen LogP contribution in [-0.2, 0) is 6.54 Å². The van der Waals surface area contributed by atoms with Crippen molar-refractivity contribution in [1.82, 2.24) is 4.90 Å². The maximum absolute atomic E-state index is 13.6. The van der Waals surface area contributed by atoms with E-state index in [0.29, 0.717) is 12.6 Å². The van der Waals surface area contributed by atoms with Crippen LogP contribution in [0.1, 0.15) is 38.2 Å². The van der Waals surface area contributed by atoms with Gasteiger partial charge in [-0.1, -0.05) is 25.8 Å². The van der Waals surface area contributed by atoms with Crippen LogP contribution >= 0.6 is 0 Å². The second-order valence-electron chi connectivity index (χ2n) is 5.04. The predicted molar refractivity (Wildman–Crippen MR) is 71.4 cm³/mol. The molecule has 1 aliphatic carbocycles. The van der Waals surface area contributed by atoms with Gasteiger partial charge in [-0.2, -0.15) is 4.39 Å². The minimum Gasteiger partial charge on any atom is -0.296 e. The largest absolute Gasteiger partial charge is 0.304 e. The third-order valence-corrected chi connectivity index (χ3v) is 3.84. The Kier molecular flexibility index (Phi) is 4.47. The Hall–Kier alpha value is -1.49. The van der Waals surface area contributed by atoms with E-state index in [0.717, 1.165) is 12.1 Å². The zero-order chi connectivity index (χ0) is 13.8. The molecule has 2 rings (SSSR count). The van der Waals surface area contributed by atoms with E-state index in [1.54, 1.807) is 6.07 Å². The summed E-state index contributed by atoms with van der Waals surface area (Å²) in [6.45, 7) is 3.68. The molecule has 0 atom stereocenters. The van der Waals surface area contributed by atoms with Gasteiger partial charge in [0.25, 0.3) is 0 Å². The van der Waals surface area contributed by atoms with Crippen LogP contribution in [0.5, 0.6) is 0 Å². The average Bonchev–Trinajstić information content (AvgIpc) is 2.89. The number of hydrogen-bond donors (Lipinski definition) is 0. The molecular formula is C14H19FN2O2. The van der Waals surface area contributed by atoms with E-state index in [-0.39, 0.29) is 0 Å². The summed E-state index contributed by atoms with van der Waals surface area (Å²) in [6, 6.07) is 4.77. The monoisotopic (exact) mass is 266 g/mol. The van der Waals surface area contributed by atoms with Crippen LogP contribution in [0, 0.1) is 15.9 Å². The van der Waals surface area contributed by atoms with Crippen molar-refractivity contribution in [1.29, 1.82) is 0 Å². The minimum absolute atomic E-state index is 0.451. The lowest BCUT2D eigenvalue weighted by atomic mass is 10.1. The van der Waals surface area contributed by atoms with Gasteiger partial charge in [-0.15, -0.1) is 0 Å². The molecule has 0 aromatic heterocycles. The summed E-state index contributed by atoms with van der Waals surface area (Å²) >= 11 is 0. The number of nitro groups is 1. The lowest BCUT2D eigenvalue weighted by molar-refractivity contribution is -0.387. The van der Waals surface area contributed by atoms with Crippen molar-refractivity contribution in [3.8, 4) is 0 Å². The first-order valence-corrected chi connectivity index (χ1v) is 6.78. The molecule has 0 amide bonds. The Labute approximate surface area is 112 Å². The van der Waals surface area contributed by atoms with Gasteiger partial charge in [-0.25, -0.2) is 0 Å². The lowest BCUT2D eigenvalue weighted by Crippen LogP contribution is -2.32. The highest BCUT2D eigenvalue weighted by atomic mass is 19.1. The van der Waals surface area contributed by atoms with Crippen LogP contribution < -0.4 is 0 Å². The highest BCUT2D eigenvalue weighted by Gasteiger charge is 2.22. The number of halogens is 1. The number of benzene rings is 1. The molecule has 0 saturated heterocycles. The van der Waals surface area contributed by atoms with Crippen molar-refractivity contribution in [3.05, 3.63) is 39.7 Å². The van der Waals surface area contributed by atoms with Gasteiger partial charge in [0.1, 0.15) is 0 Å². The van der Waals surface area contributed by atoms with Gasteiger partial charge < -0.3 is 0 Å². The van der Waals surface area contributed by atoms with E-state index in [9.17, 15) is 14.5 Å². The maximum atomic E-state index is 13.6. The van der Waals surface area contributed by atoms with Gasteiger partial charge in [0.15, 0.2) is 0 Å². The van der Waals surface area contributed by atoms with E-state index in [1.807, 2.05) is 0 Å². The zero-order valence-corrected chi connectivity index (χ0v) is 11.1. The molecule has 0 bridgehead atoms. The Balaban J connectivity index is 2.09. The molecule has 1 saturated carbocycles. The number of nitro benzene ring substituents is 1. The van der Waals surface area contributed by atoms with Gasteiger partial charge in [-0.3, -0.25) is 15.0 Å². The van der Waals surface area contributed by atoms with Crippen molar-refractivity contribution in [2.24, 2.45) is 0 Å². The first-order valence-electron chi connectivity index (χ1n) is 6.78. The second kappa shape index (κ2) is 6.10. The molecule has 0 heterocycles. The van der Waals surface area contributed by atoms with E-state index in [2.05, 4.69) is 11.8 Å². The minimum atomic E-state index is -0.745. The van der Waals surface area contributed by atoms with Crippen LogP contribution in [0.4, 0.5) is 10.1 Å². The van der Waals surface area contributed by atoms with Crippen molar-refractivity contribution in [2.75, 3.05) is 6.54 Å². The smallest absolute Gasteiger partial charge is 0.296 e. The van der Waals surface area contributed by atoms with Gasteiger partial charge in [0, 0.05) is 18.7 Å². The molecule has 19 heavy (non-hydrogen) atoms. The second-order valence-corrected chi connectivity index (χ2v) is 5.04. The highest BCUT2D eigenvalue weighted by molar-refractivity contribution is 5.35. The number of nitrogens with zero attached hydrogens (tertiary/aromatic N) is 2. The summed E-state index contributed by atoms with van der Waals surface area (Å²) in [5.74, 6) is -0.745. The zero-order valence-electron chi connectivity index (χ0n) is 11.1. The van der Waals surface area contributed by atoms with Crippen LogP contribution in [-0.4, -0.2) is 22.4 Å². The molecule has 1 aromatic rings. The molecule has 4 nitrogen and oxygen atoms in total. The van der Waals surface area contributed by atoms with Gasteiger partial charge in [-0.05, 0) is 31.0 Å². The topological polar surface area (TPSA) is 46.4 Å². The Morgan fingerprint density at radius 2 is 2.11 bits per heavy atom. The third kappa shape index (κ3) is 3.29. The summed E-state index contributed by atoms with van der Waals surface area (Å²) in [5, 5.41) is 10.6. The molecule has 1 aliphatic rings. The van der Waals surface area contributed by atoms with Crippen LogP contribution in [0.3, 0.4) is 0 Å². The van der Waals surface area contributed by atoms with Crippen molar-refractivity contribution in [3.63, 3.8) is 0 Å². The van der Waals surface area contributed by atoms with Crippen LogP contribution in [0.15, 0.2) is 18.2 Å². The molecule has 104 valence electrons. The van der Waals surface area contributed by atoms with Crippen LogP contribution in [0.25, 0.3) is 0 Å². The molecule has 0 aliphatic heterocycles. The molecule has 0 radical (unpaired) electrons. The lowest BCUT2D eigenvalue weighted by Gasteiger charge is -2.27. The quantitative estimate of drug-likeness (QED) is 0.605. The van der Waals surface area contributed by atoms with Gasteiger partial charge in [0.05, 0.1) is 4.92 Å². The summed E-state index contributed by atoms with van der Waals surface area (Å²) in [6.07, 6.45) is 4.91. The molecule has 0 spiro atoms. The average molecular weight is 266 g/mol. The first-order chi connectivity index (χ1) is 9.11. The normalized spacial score (nSPS) is 16.2. The Morgan fingerprint density at radius 1 is 1.42 bits per heavy atom. The molecule has 1 fully saturated rings. The summed E-state index contributed by atoms with van der Waals surface area (Å²) < 4.78 is 13.6. The fourth-order valence-electron chi connectivity index (χ4n) is 2.80. The van der Waals surface area contributed by atoms with Crippen molar-refractivity contribution in [2.45, 2.75) is 45.2 Å². The summed E-state index contributed by atoms with van der Waals surface area (Å²) in [5.41, 5.74) is 0.351. The highest BCUT2D eigenvalue weighted by Crippen LogP contribution is 2.25. The standard InChI is InChI=1S/C14H19FN2O2/c1-2-16(12-5-3-4-6-12)10-11-7-8-14(17(18)19)13(15)9-11/h7-9,12H,2-6,10H2,1H3. The predicted octanol–water partition coefficient (Wildman–Crippen LogP) is 3.50. The molecule has 5 heteroatoms. The molecule has 0 N–H and O–H groups in total.